The number of halogens is 1. The lowest BCUT2D eigenvalue weighted by Gasteiger charge is -2.24. The summed E-state index contributed by atoms with van der Waals surface area (Å²) in [6, 6.07) is 17.2. The molecule has 23 heavy (non-hydrogen) atoms. The van der Waals surface area contributed by atoms with Crippen molar-refractivity contribution in [2.24, 2.45) is 0 Å². The van der Waals surface area contributed by atoms with Crippen LogP contribution in [0.15, 0.2) is 59.1 Å². The molecule has 0 saturated heterocycles. The van der Waals surface area contributed by atoms with Crippen LogP contribution in [0.4, 0.5) is 0 Å². The SMILES string of the molecule is CC(=O)N(Cc1ccccc1)C[C@@H](O)COc1ccccc1Br. The lowest BCUT2D eigenvalue weighted by molar-refractivity contribution is -0.131. The average molecular weight is 378 g/mol. The first-order valence-corrected chi connectivity index (χ1v) is 8.20. The second kappa shape index (κ2) is 8.70. The Kier molecular flexibility index (Phi) is 6.62. The highest BCUT2D eigenvalue weighted by molar-refractivity contribution is 9.10. The molecule has 2 rings (SSSR count). The summed E-state index contributed by atoms with van der Waals surface area (Å²) < 4.78 is 6.43. The van der Waals surface area contributed by atoms with Crippen LogP contribution in [0.2, 0.25) is 0 Å². The van der Waals surface area contributed by atoms with Crippen LogP contribution in [0.3, 0.4) is 0 Å². The minimum atomic E-state index is -0.755. The number of nitrogens with zero attached hydrogens (tertiary/aromatic N) is 1. The zero-order chi connectivity index (χ0) is 16.7. The maximum Gasteiger partial charge on any atom is 0.219 e. The van der Waals surface area contributed by atoms with Gasteiger partial charge in [-0.2, -0.15) is 0 Å². The molecule has 1 amide bonds. The van der Waals surface area contributed by atoms with E-state index >= 15 is 0 Å². The van der Waals surface area contributed by atoms with Crippen molar-refractivity contribution in [1.82, 2.24) is 4.90 Å². The molecule has 0 radical (unpaired) electrons. The third-order valence-electron chi connectivity index (χ3n) is 3.36. The van der Waals surface area contributed by atoms with Crippen molar-refractivity contribution in [2.45, 2.75) is 19.6 Å². The summed E-state index contributed by atoms with van der Waals surface area (Å²) in [5.74, 6) is 0.595. The minimum Gasteiger partial charge on any atom is -0.490 e. The Morgan fingerprint density at radius 3 is 2.48 bits per heavy atom. The zero-order valence-electron chi connectivity index (χ0n) is 13.0. The topological polar surface area (TPSA) is 49.8 Å². The Hall–Kier alpha value is -1.85. The summed E-state index contributed by atoms with van der Waals surface area (Å²) in [4.78, 5) is 13.4. The summed E-state index contributed by atoms with van der Waals surface area (Å²) in [6.07, 6.45) is -0.755. The van der Waals surface area contributed by atoms with Gasteiger partial charge in [-0.25, -0.2) is 0 Å². The van der Waals surface area contributed by atoms with E-state index in [1.807, 2.05) is 54.6 Å². The molecule has 0 bridgehead atoms. The van der Waals surface area contributed by atoms with Crippen LogP contribution in [-0.4, -0.2) is 35.2 Å². The maximum atomic E-state index is 11.8. The van der Waals surface area contributed by atoms with E-state index in [2.05, 4.69) is 15.9 Å². The van der Waals surface area contributed by atoms with Gasteiger partial charge in [-0.05, 0) is 33.6 Å². The number of hydrogen-bond acceptors (Lipinski definition) is 3. The third-order valence-corrected chi connectivity index (χ3v) is 4.02. The standard InChI is InChI=1S/C18H20BrNO3/c1-14(21)20(11-15-7-3-2-4-8-15)12-16(22)13-23-18-10-6-5-9-17(18)19/h2-10,16,22H,11-13H2,1H3/t16-/m1/s1. The summed E-state index contributed by atoms with van der Waals surface area (Å²) in [6.45, 7) is 2.34. The third kappa shape index (κ3) is 5.69. The minimum absolute atomic E-state index is 0.0752. The van der Waals surface area contributed by atoms with Crippen LogP contribution in [0.25, 0.3) is 0 Å². The monoisotopic (exact) mass is 377 g/mol. The summed E-state index contributed by atoms with van der Waals surface area (Å²) in [5.41, 5.74) is 1.03. The van der Waals surface area contributed by atoms with Crippen molar-refractivity contribution in [1.29, 1.82) is 0 Å². The van der Waals surface area contributed by atoms with Gasteiger partial charge in [-0.3, -0.25) is 4.79 Å². The number of carbonyl (C=O) groups excluding carboxylic acids is 1. The Bertz CT molecular complexity index is 633. The molecule has 1 N–H and O–H groups in total. The highest BCUT2D eigenvalue weighted by Gasteiger charge is 2.16. The average Bonchev–Trinajstić information content (AvgIpc) is 2.54. The maximum absolute atomic E-state index is 11.8. The molecule has 0 aliphatic heterocycles. The van der Waals surface area contributed by atoms with Crippen molar-refractivity contribution in [3.05, 3.63) is 64.6 Å². The Balaban J connectivity index is 1.89. The quantitative estimate of drug-likeness (QED) is 0.805. The molecule has 2 aromatic carbocycles. The number of ether oxygens (including phenoxy) is 1. The number of benzene rings is 2. The van der Waals surface area contributed by atoms with E-state index in [-0.39, 0.29) is 19.1 Å². The van der Waals surface area contributed by atoms with E-state index in [4.69, 9.17) is 4.74 Å². The zero-order valence-corrected chi connectivity index (χ0v) is 14.6. The molecular formula is C18H20BrNO3. The van der Waals surface area contributed by atoms with E-state index < -0.39 is 6.10 Å². The second-order valence-corrected chi connectivity index (χ2v) is 6.13. The molecule has 0 aliphatic carbocycles. The molecule has 0 unspecified atom stereocenters. The highest BCUT2D eigenvalue weighted by Crippen LogP contribution is 2.23. The lowest BCUT2D eigenvalue weighted by atomic mass is 10.2. The molecule has 122 valence electrons. The first-order chi connectivity index (χ1) is 11.1. The number of rotatable bonds is 7. The van der Waals surface area contributed by atoms with E-state index in [0.29, 0.717) is 12.3 Å². The van der Waals surface area contributed by atoms with Crippen LogP contribution in [-0.2, 0) is 11.3 Å². The van der Waals surface area contributed by atoms with Crippen molar-refractivity contribution in [3.63, 3.8) is 0 Å². The van der Waals surface area contributed by atoms with Gasteiger partial charge in [0.05, 0.1) is 11.0 Å². The summed E-state index contributed by atoms with van der Waals surface area (Å²) in [5, 5.41) is 10.2. The molecule has 0 fully saturated rings. The number of amides is 1. The predicted molar refractivity (Wildman–Crippen MR) is 93.2 cm³/mol. The smallest absolute Gasteiger partial charge is 0.219 e. The molecule has 0 aliphatic rings. The molecule has 1 atom stereocenters. The summed E-state index contributed by atoms with van der Waals surface area (Å²) in [7, 11) is 0. The van der Waals surface area contributed by atoms with Gasteiger partial charge in [0.25, 0.3) is 0 Å². The molecule has 0 heterocycles. The van der Waals surface area contributed by atoms with Gasteiger partial charge in [0.1, 0.15) is 18.5 Å². The van der Waals surface area contributed by atoms with Gasteiger partial charge >= 0.3 is 0 Å². The van der Waals surface area contributed by atoms with Crippen LogP contribution >= 0.6 is 15.9 Å². The lowest BCUT2D eigenvalue weighted by Crippen LogP contribution is -2.38. The fraction of sp³-hybridized carbons (Fsp3) is 0.278. The van der Waals surface area contributed by atoms with Gasteiger partial charge < -0.3 is 14.7 Å². The van der Waals surface area contributed by atoms with Crippen molar-refractivity contribution in [2.75, 3.05) is 13.2 Å². The number of hydrogen-bond donors (Lipinski definition) is 1. The first-order valence-electron chi connectivity index (χ1n) is 7.41. The van der Waals surface area contributed by atoms with Crippen LogP contribution in [0.1, 0.15) is 12.5 Å². The molecule has 2 aromatic rings. The second-order valence-electron chi connectivity index (χ2n) is 5.28. The Morgan fingerprint density at radius 2 is 1.83 bits per heavy atom. The first kappa shape index (κ1) is 17.5. The van der Waals surface area contributed by atoms with Gasteiger partial charge in [0, 0.05) is 13.5 Å². The molecule has 0 spiro atoms. The van der Waals surface area contributed by atoms with Crippen LogP contribution in [0.5, 0.6) is 5.75 Å². The Morgan fingerprint density at radius 1 is 1.17 bits per heavy atom. The molecule has 5 heteroatoms. The molecule has 4 nitrogen and oxygen atoms in total. The summed E-state index contributed by atoms with van der Waals surface area (Å²) >= 11 is 3.39. The van der Waals surface area contributed by atoms with Crippen LogP contribution < -0.4 is 4.74 Å². The van der Waals surface area contributed by atoms with E-state index in [9.17, 15) is 9.90 Å². The van der Waals surface area contributed by atoms with Gasteiger partial charge in [0.2, 0.25) is 5.91 Å². The molecular weight excluding hydrogens is 358 g/mol. The van der Waals surface area contributed by atoms with Gasteiger partial charge in [0.15, 0.2) is 0 Å². The van der Waals surface area contributed by atoms with E-state index in [0.717, 1.165) is 10.0 Å². The fourth-order valence-electron chi connectivity index (χ4n) is 2.16. The number of aliphatic hydroxyl groups excluding tert-OH is 1. The fourth-order valence-corrected chi connectivity index (χ4v) is 2.56. The van der Waals surface area contributed by atoms with E-state index in [1.54, 1.807) is 4.90 Å². The number of aliphatic hydroxyl groups is 1. The number of para-hydroxylation sites is 1. The largest absolute Gasteiger partial charge is 0.490 e. The normalized spacial score (nSPS) is 11.8. The van der Waals surface area contributed by atoms with Crippen molar-refractivity contribution < 1.29 is 14.6 Å². The predicted octanol–water partition coefficient (Wildman–Crippen LogP) is 3.24. The van der Waals surface area contributed by atoms with E-state index in [1.165, 1.54) is 6.92 Å². The Labute approximate surface area is 144 Å². The molecule has 0 saturated carbocycles. The van der Waals surface area contributed by atoms with Crippen molar-refractivity contribution >= 4 is 21.8 Å². The van der Waals surface area contributed by atoms with Crippen LogP contribution in [0, 0.1) is 0 Å². The van der Waals surface area contributed by atoms with Crippen molar-refractivity contribution in [3.8, 4) is 5.75 Å². The highest BCUT2D eigenvalue weighted by atomic mass is 79.9. The van der Waals surface area contributed by atoms with Gasteiger partial charge in [-0.15, -0.1) is 0 Å². The van der Waals surface area contributed by atoms with Gasteiger partial charge in [-0.1, -0.05) is 42.5 Å². The molecule has 0 aromatic heterocycles. The number of carbonyl (C=O) groups is 1.